The first kappa shape index (κ1) is 10.3. The summed E-state index contributed by atoms with van der Waals surface area (Å²) in [5, 5.41) is 9.35. The van der Waals surface area contributed by atoms with Crippen LogP contribution in [0.15, 0.2) is 23.3 Å². The fraction of sp³-hybridized carbons (Fsp3) is 0.444. The Balaban J connectivity index is 4.54. The van der Waals surface area contributed by atoms with Crippen molar-refractivity contribution in [3.63, 3.8) is 0 Å². The molecule has 0 rings (SSSR count). The van der Waals surface area contributed by atoms with Crippen molar-refractivity contribution >= 4 is 11.6 Å². The number of halogens is 1. The zero-order chi connectivity index (χ0) is 9.07. The van der Waals surface area contributed by atoms with Gasteiger partial charge in [-0.1, -0.05) is 18.2 Å². The summed E-state index contributed by atoms with van der Waals surface area (Å²) in [6.07, 6.45) is 1.71. The van der Waals surface area contributed by atoms with Crippen LogP contribution in [-0.4, -0.2) is 0 Å². The van der Waals surface area contributed by atoms with Crippen molar-refractivity contribution in [2.45, 2.75) is 20.8 Å². The molecular formula is C9H12ClN. The van der Waals surface area contributed by atoms with Gasteiger partial charge in [0.05, 0.1) is 11.5 Å². The molecule has 0 saturated carbocycles. The van der Waals surface area contributed by atoms with Gasteiger partial charge < -0.3 is 0 Å². The van der Waals surface area contributed by atoms with Gasteiger partial charge in [0.2, 0.25) is 0 Å². The van der Waals surface area contributed by atoms with Crippen molar-refractivity contribution in [2.75, 3.05) is 0 Å². The molecule has 0 N–H and O–H groups in total. The fourth-order valence-corrected chi connectivity index (χ4v) is 0.624. The number of hydrogen-bond donors (Lipinski definition) is 0. The van der Waals surface area contributed by atoms with E-state index in [1.165, 1.54) is 0 Å². The van der Waals surface area contributed by atoms with Crippen molar-refractivity contribution in [1.29, 1.82) is 5.26 Å². The van der Waals surface area contributed by atoms with E-state index in [4.69, 9.17) is 16.9 Å². The molecule has 0 aliphatic rings. The van der Waals surface area contributed by atoms with Crippen LogP contribution < -0.4 is 0 Å². The zero-order valence-corrected chi connectivity index (χ0v) is 7.87. The van der Waals surface area contributed by atoms with Crippen LogP contribution in [0.25, 0.3) is 0 Å². The molecule has 0 aromatic heterocycles. The highest BCUT2D eigenvalue weighted by Gasteiger charge is 2.18. The lowest BCUT2D eigenvalue weighted by Crippen LogP contribution is -2.08. The van der Waals surface area contributed by atoms with Crippen molar-refractivity contribution in [3.05, 3.63) is 23.3 Å². The minimum Gasteiger partial charge on any atom is -0.197 e. The van der Waals surface area contributed by atoms with Crippen LogP contribution in [0.5, 0.6) is 0 Å². The molecule has 0 spiro atoms. The van der Waals surface area contributed by atoms with Crippen LogP contribution in [0.4, 0.5) is 0 Å². The molecule has 60 valence electrons. The summed E-state index contributed by atoms with van der Waals surface area (Å²) in [6, 6.07) is 2.14. The molecule has 0 saturated heterocycles. The first-order valence-electron chi connectivity index (χ1n) is 3.34. The average Bonchev–Trinajstić information content (AvgIpc) is 1.86. The van der Waals surface area contributed by atoms with Crippen LogP contribution in [0.3, 0.4) is 0 Å². The third-order valence-corrected chi connectivity index (χ3v) is 1.56. The summed E-state index contributed by atoms with van der Waals surface area (Å²) >= 11 is 5.63. The molecule has 0 fully saturated rings. The maximum atomic E-state index is 8.69. The molecule has 0 bridgehead atoms. The van der Waals surface area contributed by atoms with E-state index in [1.54, 1.807) is 13.0 Å². The van der Waals surface area contributed by atoms with Crippen molar-refractivity contribution in [2.24, 2.45) is 5.41 Å². The average molecular weight is 170 g/mol. The Morgan fingerprint density at radius 3 is 2.36 bits per heavy atom. The van der Waals surface area contributed by atoms with Gasteiger partial charge in [-0.2, -0.15) is 5.26 Å². The normalized spacial score (nSPS) is 12.5. The molecule has 0 atom stereocenters. The number of nitrogens with zero attached hydrogens (tertiary/aromatic N) is 1. The second kappa shape index (κ2) is 3.59. The van der Waals surface area contributed by atoms with E-state index in [1.807, 2.05) is 13.8 Å². The van der Waals surface area contributed by atoms with E-state index < -0.39 is 5.41 Å². The van der Waals surface area contributed by atoms with Gasteiger partial charge >= 0.3 is 0 Å². The molecule has 2 heteroatoms. The molecule has 0 heterocycles. The highest BCUT2D eigenvalue weighted by Crippen LogP contribution is 2.25. The maximum absolute atomic E-state index is 8.69. The second-order valence-electron chi connectivity index (χ2n) is 2.99. The number of allylic oxidation sites excluding steroid dienone is 3. The van der Waals surface area contributed by atoms with Gasteiger partial charge in [0, 0.05) is 5.03 Å². The third-order valence-electron chi connectivity index (χ3n) is 1.46. The lowest BCUT2D eigenvalue weighted by molar-refractivity contribution is 0.615. The van der Waals surface area contributed by atoms with Crippen molar-refractivity contribution < 1.29 is 0 Å². The Hall–Kier alpha value is -0.740. The molecule has 0 unspecified atom stereocenters. The number of hydrogen-bond acceptors (Lipinski definition) is 1. The maximum Gasteiger partial charge on any atom is 0.0761 e. The van der Waals surface area contributed by atoms with Gasteiger partial charge in [-0.25, -0.2) is 0 Å². The van der Waals surface area contributed by atoms with Gasteiger partial charge in [0.25, 0.3) is 0 Å². The van der Waals surface area contributed by atoms with Gasteiger partial charge in [-0.15, -0.1) is 0 Å². The van der Waals surface area contributed by atoms with Gasteiger partial charge in [0.1, 0.15) is 0 Å². The van der Waals surface area contributed by atoms with Gasteiger partial charge in [-0.3, -0.25) is 0 Å². The Labute approximate surface area is 73.0 Å². The predicted octanol–water partition coefficient (Wildman–Crippen LogP) is 3.23. The van der Waals surface area contributed by atoms with Crippen molar-refractivity contribution in [1.82, 2.24) is 0 Å². The van der Waals surface area contributed by atoms with Crippen molar-refractivity contribution in [3.8, 4) is 6.07 Å². The largest absolute Gasteiger partial charge is 0.197 e. The minimum absolute atomic E-state index is 0.518. The van der Waals surface area contributed by atoms with Crippen LogP contribution >= 0.6 is 11.6 Å². The van der Waals surface area contributed by atoms with E-state index in [0.717, 1.165) is 5.57 Å². The molecule has 1 nitrogen and oxygen atoms in total. The third kappa shape index (κ3) is 3.25. The predicted molar refractivity (Wildman–Crippen MR) is 48.1 cm³/mol. The summed E-state index contributed by atoms with van der Waals surface area (Å²) in [4.78, 5) is 0. The molecule has 0 aliphatic carbocycles. The van der Waals surface area contributed by atoms with E-state index in [0.29, 0.717) is 5.03 Å². The van der Waals surface area contributed by atoms with Gasteiger partial charge in [-0.05, 0) is 32.4 Å². The monoisotopic (exact) mass is 169 g/mol. The Kier molecular flexibility index (Phi) is 3.35. The van der Waals surface area contributed by atoms with E-state index in [-0.39, 0.29) is 0 Å². The number of nitriles is 1. The summed E-state index contributed by atoms with van der Waals surface area (Å²) < 4.78 is 0. The zero-order valence-electron chi connectivity index (χ0n) is 7.11. The number of rotatable bonds is 2. The second-order valence-corrected chi connectivity index (χ2v) is 3.59. The summed E-state index contributed by atoms with van der Waals surface area (Å²) in [6.45, 7) is 9.14. The Morgan fingerprint density at radius 2 is 2.09 bits per heavy atom. The SMILES string of the molecule is C=C(/C=C(\C)Cl)C(C)(C)C#N. The first-order chi connectivity index (χ1) is 4.90. The van der Waals surface area contributed by atoms with Gasteiger partial charge in [0.15, 0.2) is 0 Å². The van der Waals surface area contributed by atoms with E-state index >= 15 is 0 Å². The van der Waals surface area contributed by atoms with Crippen LogP contribution in [0.2, 0.25) is 0 Å². The molecule has 0 aliphatic heterocycles. The summed E-state index contributed by atoms with van der Waals surface area (Å²) in [5.74, 6) is 0. The molecule has 0 amide bonds. The van der Waals surface area contributed by atoms with E-state index in [9.17, 15) is 0 Å². The van der Waals surface area contributed by atoms with Crippen LogP contribution in [0, 0.1) is 16.7 Å². The standard InChI is InChI=1S/C9H12ClN/c1-7(5-8(2)10)9(3,4)6-11/h5H,1H2,2-4H3/b8-5+. The molecule has 0 aromatic carbocycles. The Bertz CT molecular complexity index is 226. The minimum atomic E-state index is -0.518. The van der Waals surface area contributed by atoms with E-state index in [2.05, 4.69) is 12.6 Å². The highest BCUT2D eigenvalue weighted by molar-refractivity contribution is 6.29. The highest BCUT2D eigenvalue weighted by atomic mass is 35.5. The molecule has 0 radical (unpaired) electrons. The molecule has 0 aromatic rings. The smallest absolute Gasteiger partial charge is 0.0761 e. The quantitative estimate of drug-likeness (QED) is 0.583. The summed E-state index contributed by atoms with van der Waals surface area (Å²) in [5.41, 5.74) is 0.225. The topological polar surface area (TPSA) is 23.8 Å². The first-order valence-corrected chi connectivity index (χ1v) is 3.72. The molecular weight excluding hydrogens is 158 g/mol. The van der Waals surface area contributed by atoms with Crippen LogP contribution in [-0.2, 0) is 0 Å². The lowest BCUT2D eigenvalue weighted by Gasteiger charge is -2.15. The fourth-order valence-electron chi connectivity index (χ4n) is 0.492. The molecule has 11 heavy (non-hydrogen) atoms. The summed E-state index contributed by atoms with van der Waals surface area (Å²) in [7, 11) is 0. The Morgan fingerprint density at radius 1 is 1.64 bits per heavy atom. The lowest BCUT2D eigenvalue weighted by atomic mass is 9.87. The van der Waals surface area contributed by atoms with Crippen LogP contribution in [0.1, 0.15) is 20.8 Å².